The van der Waals surface area contributed by atoms with Crippen molar-refractivity contribution in [1.82, 2.24) is 15.3 Å². The zero-order valence-corrected chi connectivity index (χ0v) is 17.7. The maximum Gasteiger partial charge on any atom is 0.232 e. The largest absolute Gasteiger partial charge is 0.345 e. The molecule has 4 aromatic rings. The van der Waals surface area contributed by atoms with Crippen molar-refractivity contribution < 1.29 is 4.79 Å². The van der Waals surface area contributed by atoms with Crippen molar-refractivity contribution in [1.29, 1.82) is 0 Å². The lowest BCUT2D eigenvalue weighted by atomic mass is 9.90. The predicted octanol–water partition coefficient (Wildman–Crippen LogP) is 5.31. The molecule has 0 aliphatic rings. The Labute approximate surface area is 181 Å². The normalized spacial score (nSPS) is 12.2. The minimum absolute atomic E-state index is 0.0149. The van der Waals surface area contributed by atoms with E-state index in [1.54, 1.807) is 11.8 Å². The molecule has 3 aromatic carbocycles. The van der Waals surface area contributed by atoms with Gasteiger partial charge in [-0.25, -0.2) is 4.98 Å². The lowest BCUT2D eigenvalue weighted by molar-refractivity contribution is -0.122. The summed E-state index contributed by atoms with van der Waals surface area (Å²) in [5.74, 6) is 1.36. The van der Waals surface area contributed by atoms with Gasteiger partial charge in [0.15, 0.2) is 0 Å². The van der Waals surface area contributed by atoms with Gasteiger partial charge in [-0.1, -0.05) is 72.8 Å². The number of H-pyrrole nitrogens is 1. The number of nitrogens with zero attached hydrogens (tertiary/aromatic N) is 1. The second kappa shape index (κ2) is 9.63. The zero-order chi connectivity index (χ0) is 20.8. The van der Waals surface area contributed by atoms with E-state index >= 15 is 0 Å². The number of aromatic nitrogens is 2. The average Bonchev–Trinajstić information content (AvgIpc) is 3.22. The number of imidazole rings is 1. The fraction of sp³-hybridized carbons (Fsp3) is 0.200. The van der Waals surface area contributed by atoms with Gasteiger partial charge in [0.1, 0.15) is 5.82 Å². The molecule has 0 fully saturated rings. The van der Waals surface area contributed by atoms with Crippen LogP contribution in [-0.4, -0.2) is 27.9 Å². The van der Waals surface area contributed by atoms with E-state index in [9.17, 15) is 4.79 Å². The van der Waals surface area contributed by atoms with Crippen LogP contribution in [0.1, 0.15) is 35.3 Å². The summed E-state index contributed by atoms with van der Waals surface area (Å²) >= 11 is 1.77. The number of hydrogen-bond acceptors (Lipinski definition) is 3. The van der Waals surface area contributed by atoms with Crippen LogP contribution in [0.2, 0.25) is 0 Å². The molecule has 1 atom stereocenters. The molecule has 0 aliphatic heterocycles. The lowest BCUT2D eigenvalue weighted by Gasteiger charge is -2.22. The molecule has 4 nitrogen and oxygen atoms in total. The summed E-state index contributed by atoms with van der Waals surface area (Å²) in [5, 5.41) is 3.28. The number of amides is 1. The van der Waals surface area contributed by atoms with Gasteiger partial charge in [0.25, 0.3) is 0 Å². The van der Waals surface area contributed by atoms with Crippen LogP contribution >= 0.6 is 11.8 Å². The molecule has 0 spiro atoms. The number of para-hydroxylation sites is 2. The van der Waals surface area contributed by atoms with Crippen LogP contribution < -0.4 is 5.32 Å². The van der Waals surface area contributed by atoms with E-state index in [2.05, 4.69) is 16.6 Å². The molecule has 0 bridgehead atoms. The Bertz CT molecular complexity index is 1020. The van der Waals surface area contributed by atoms with Crippen LogP contribution in [-0.2, 0) is 4.79 Å². The molecule has 4 rings (SSSR count). The van der Waals surface area contributed by atoms with Crippen LogP contribution in [0.4, 0.5) is 0 Å². The van der Waals surface area contributed by atoms with Crippen LogP contribution in [0.15, 0.2) is 84.9 Å². The Balaban J connectivity index is 1.65. The highest BCUT2D eigenvalue weighted by Gasteiger charge is 2.26. The van der Waals surface area contributed by atoms with Crippen molar-refractivity contribution in [3.63, 3.8) is 0 Å². The van der Waals surface area contributed by atoms with Crippen LogP contribution in [0.3, 0.4) is 0 Å². The molecule has 1 aromatic heterocycles. The highest BCUT2D eigenvalue weighted by Crippen LogP contribution is 2.27. The molecule has 5 heteroatoms. The van der Waals surface area contributed by atoms with E-state index in [1.165, 1.54) is 0 Å². The number of hydrogen-bond donors (Lipinski definition) is 2. The van der Waals surface area contributed by atoms with Crippen LogP contribution in [0.5, 0.6) is 0 Å². The molecule has 1 amide bonds. The van der Waals surface area contributed by atoms with Gasteiger partial charge < -0.3 is 10.3 Å². The van der Waals surface area contributed by atoms with E-state index in [4.69, 9.17) is 4.98 Å². The third-order valence-electron chi connectivity index (χ3n) is 5.19. The maximum atomic E-state index is 13.5. The Hall–Kier alpha value is -3.05. The molecule has 0 radical (unpaired) electrons. The maximum absolute atomic E-state index is 13.5. The van der Waals surface area contributed by atoms with Crippen molar-refractivity contribution in [3.05, 3.63) is 102 Å². The zero-order valence-electron chi connectivity index (χ0n) is 16.9. The van der Waals surface area contributed by atoms with Crippen LogP contribution in [0, 0.1) is 0 Å². The monoisotopic (exact) mass is 415 g/mol. The van der Waals surface area contributed by atoms with Gasteiger partial charge in [0, 0.05) is 0 Å². The first-order chi connectivity index (χ1) is 14.8. The number of carbonyl (C=O) groups excluding carboxylic acids is 1. The summed E-state index contributed by atoms with van der Waals surface area (Å²) in [6, 6.07) is 27.7. The molecule has 30 heavy (non-hydrogen) atoms. The topological polar surface area (TPSA) is 57.8 Å². The summed E-state index contributed by atoms with van der Waals surface area (Å²) in [7, 11) is 0. The van der Waals surface area contributed by atoms with E-state index in [1.807, 2.05) is 84.9 Å². The standard InChI is InChI=1S/C25H25N3OS/c1-30-17-16-22(24-26-20-14-8-9-15-21(20)27-24)28-25(29)23(18-10-4-2-5-11-18)19-12-6-3-7-13-19/h2-15,22-23H,16-17H2,1H3,(H,26,27)(H,28,29). The molecule has 152 valence electrons. The Morgan fingerprint density at radius 3 is 2.13 bits per heavy atom. The van der Waals surface area contributed by atoms with Crippen molar-refractivity contribution in [2.75, 3.05) is 12.0 Å². The first-order valence-electron chi connectivity index (χ1n) is 10.1. The lowest BCUT2D eigenvalue weighted by Crippen LogP contribution is -2.34. The molecule has 0 aliphatic carbocycles. The smallest absolute Gasteiger partial charge is 0.232 e. The summed E-state index contributed by atoms with van der Waals surface area (Å²) in [5.41, 5.74) is 3.86. The van der Waals surface area contributed by atoms with Gasteiger partial charge in [0.2, 0.25) is 5.91 Å². The molecule has 2 N–H and O–H groups in total. The highest BCUT2D eigenvalue weighted by molar-refractivity contribution is 7.98. The fourth-order valence-electron chi connectivity index (χ4n) is 3.69. The second-order valence-electron chi connectivity index (χ2n) is 7.24. The van der Waals surface area contributed by atoms with Crippen LogP contribution in [0.25, 0.3) is 11.0 Å². The van der Waals surface area contributed by atoms with Crippen molar-refractivity contribution in [3.8, 4) is 0 Å². The number of carbonyl (C=O) groups is 1. The van der Waals surface area contributed by atoms with Crippen molar-refractivity contribution in [2.45, 2.75) is 18.4 Å². The number of thioether (sulfide) groups is 1. The SMILES string of the molecule is CSCCC(NC(=O)C(c1ccccc1)c1ccccc1)c1nc2ccccc2[nH]1. The van der Waals surface area contributed by atoms with Gasteiger partial charge in [-0.05, 0) is 41.7 Å². The van der Waals surface area contributed by atoms with Crippen molar-refractivity contribution in [2.24, 2.45) is 0 Å². The summed E-state index contributed by atoms with van der Waals surface area (Å²) in [6.07, 6.45) is 2.89. The molecular formula is C25H25N3OS. The predicted molar refractivity (Wildman–Crippen MR) is 125 cm³/mol. The van der Waals surface area contributed by atoms with E-state index in [0.717, 1.165) is 40.2 Å². The van der Waals surface area contributed by atoms with E-state index in [0.29, 0.717) is 0 Å². The summed E-state index contributed by atoms with van der Waals surface area (Å²) in [6.45, 7) is 0. The van der Waals surface area contributed by atoms with Gasteiger partial charge in [-0.15, -0.1) is 0 Å². The minimum atomic E-state index is -0.367. The van der Waals surface area contributed by atoms with E-state index in [-0.39, 0.29) is 17.9 Å². The Morgan fingerprint density at radius 1 is 0.933 bits per heavy atom. The summed E-state index contributed by atoms with van der Waals surface area (Å²) < 4.78 is 0. The first kappa shape index (κ1) is 20.2. The highest BCUT2D eigenvalue weighted by atomic mass is 32.2. The molecule has 1 heterocycles. The number of fused-ring (bicyclic) bond motifs is 1. The third-order valence-corrected chi connectivity index (χ3v) is 5.84. The molecule has 1 unspecified atom stereocenters. The third kappa shape index (κ3) is 4.57. The molecule has 0 saturated heterocycles. The van der Waals surface area contributed by atoms with Gasteiger partial charge in [-0.3, -0.25) is 4.79 Å². The van der Waals surface area contributed by atoms with E-state index < -0.39 is 0 Å². The molecule has 0 saturated carbocycles. The van der Waals surface area contributed by atoms with Gasteiger partial charge in [-0.2, -0.15) is 11.8 Å². The number of nitrogens with one attached hydrogen (secondary N) is 2. The number of rotatable bonds is 8. The summed E-state index contributed by atoms with van der Waals surface area (Å²) in [4.78, 5) is 21.7. The van der Waals surface area contributed by atoms with Gasteiger partial charge >= 0.3 is 0 Å². The second-order valence-corrected chi connectivity index (χ2v) is 8.22. The van der Waals surface area contributed by atoms with Gasteiger partial charge in [0.05, 0.1) is 23.0 Å². The fourth-order valence-corrected chi connectivity index (χ4v) is 4.16. The number of benzene rings is 3. The molecular weight excluding hydrogens is 390 g/mol. The quantitative estimate of drug-likeness (QED) is 0.410. The first-order valence-corrected chi connectivity index (χ1v) is 11.5. The minimum Gasteiger partial charge on any atom is -0.345 e. The van der Waals surface area contributed by atoms with Crippen molar-refractivity contribution >= 4 is 28.7 Å². The average molecular weight is 416 g/mol. The Morgan fingerprint density at radius 2 is 1.53 bits per heavy atom. The Kier molecular flexibility index (Phi) is 6.50. The number of aromatic amines is 1.